The molecule has 0 heterocycles. The lowest BCUT2D eigenvalue weighted by Crippen LogP contribution is -2.42. The molecule has 3 N–H and O–H groups in total. The number of rotatable bonds is 6. The van der Waals surface area contributed by atoms with Gasteiger partial charge in [0, 0.05) is 23.7 Å². The third-order valence-electron chi connectivity index (χ3n) is 2.47. The molecule has 0 saturated heterocycles. The van der Waals surface area contributed by atoms with Crippen LogP contribution in [0.4, 0.5) is 5.69 Å². The second kappa shape index (κ2) is 6.47. The van der Waals surface area contributed by atoms with E-state index in [9.17, 15) is 4.79 Å². The molecular formula is C12H17ClN2O2. The van der Waals surface area contributed by atoms with Crippen LogP contribution in [0.15, 0.2) is 24.3 Å². The number of nitrogens with two attached hydrogens (primary N) is 1. The summed E-state index contributed by atoms with van der Waals surface area (Å²) in [7, 11) is 1.59. The first-order chi connectivity index (χ1) is 8.04. The van der Waals surface area contributed by atoms with Gasteiger partial charge in [-0.3, -0.25) is 4.79 Å². The molecule has 0 aliphatic carbocycles. The van der Waals surface area contributed by atoms with Crippen LogP contribution in [-0.2, 0) is 9.53 Å². The summed E-state index contributed by atoms with van der Waals surface area (Å²) in [5.74, 6) is -0.405. The molecule has 4 nitrogen and oxygen atoms in total. The zero-order chi connectivity index (χ0) is 12.8. The van der Waals surface area contributed by atoms with Crippen molar-refractivity contribution in [1.82, 2.24) is 0 Å². The first-order valence-corrected chi connectivity index (χ1v) is 5.72. The average Bonchev–Trinajstić information content (AvgIpc) is 2.28. The normalized spacial score (nSPS) is 14.1. The molecule has 1 aromatic carbocycles. The van der Waals surface area contributed by atoms with Gasteiger partial charge in [-0.1, -0.05) is 18.5 Å². The Kier molecular flexibility index (Phi) is 5.25. The number of methoxy groups -OCH3 is 1. The van der Waals surface area contributed by atoms with E-state index in [1.807, 2.05) is 6.92 Å². The number of primary amides is 1. The first kappa shape index (κ1) is 13.8. The number of carbonyl (C=O) groups excluding carboxylic acids is 1. The minimum atomic E-state index is -0.462. The van der Waals surface area contributed by atoms with E-state index in [0.29, 0.717) is 11.6 Å². The van der Waals surface area contributed by atoms with Crippen molar-refractivity contribution in [2.24, 2.45) is 11.7 Å². The molecule has 1 aromatic rings. The van der Waals surface area contributed by atoms with Crippen molar-refractivity contribution in [2.75, 3.05) is 19.0 Å². The maximum atomic E-state index is 11.4. The predicted molar refractivity (Wildman–Crippen MR) is 69.1 cm³/mol. The van der Waals surface area contributed by atoms with E-state index in [0.717, 1.165) is 5.69 Å². The second-order valence-electron chi connectivity index (χ2n) is 3.96. The van der Waals surface area contributed by atoms with Crippen LogP contribution in [0.25, 0.3) is 0 Å². The van der Waals surface area contributed by atoms with Crippen molar-refractivity contribution in [3.8, 4) is 0 Å². The van der Waals surface area contributed by atoms with E-state index in [2.05, 4.69) is 5.32 Å². The number of ether oxygens (including phenoxy) is 1. The number of carbonyl (C=O) groups is 1. The third kappa shape index (κ3) is 4.24. The van der Waals surface area contributed by atoms with Crippen molar-refractivity contribution < 1.29 is 9.53 Å². The van der Waals surface area contributed by atoms with E-state index >= 15 is 0 Å². The van der Waals surface area contributed by atoms with Crippen molar-refractivity contribution in [3.63, 3.8) is 0 Å². The predicted octanol–water partition coefficient (Wildman–Crippen LogP) is 1.89. The summed E-state index contributed by atoms with van der Waals surface area (Å²) in [5, 5.41) is 3.73. The quantitative estimate of drug-likeness (QED) is 0.817. The van der Waals surface area contributed by atoms with Crippen LogP contribution in [-0.4, -0.2) is 25.7 Å². The van der Waals surface area contributed by atoms with E-state index < -0.39 is 11.9 Å². The lowest BCUT2D eigenvalue weighted by atomic mass is 10.0. The summed E-state index contributed by atoms with van der Waals surface area (Å²) in [6, 6.07) is 6.65. The van der Waals surface area contributed by atoms with Gasteiger partial charge in [0.15, 0.2) is 0 Å². The maximum absolute atomic E-state index is 11.4. The molecule has 0 radical (unpaired) electrons. The molecule has 0 aliphatic heterocycles. The van der Waals surface area contributed by atoms with Gasteiger partial charge in [0.05, 0.1) is 6.61 Å². The number of anilines is 1. The van der Waals surface area contributed by atoms with E-state index in [1.54, 1.807) is 31.4 Å². The molecule has 5 heteroatoms. The van der Waals surface area contributed by atoms with Gasteiger partial charge in [-0.2, -0.15) is 0 Å². The fourth-order valence-corrected chi connectivity index (χ4v) is 1.70. The van der Waals surface area contributed by atoms with E-state index in [-0.39, 0.29) is 5.92 Å². The molecule has 94 valence electrons. The van der Waals surface area contributed by atoms with Gasteiger partial charge in [-0.25, -0.2) is 0 Å². The van der Waals surface area contributed by atoms with Crippen molar-refractivity contribution in [1.29, 1.82) is 0 Å². The Morgan fingerprint density at radius 2 is 2.06 bits per heavy atom. The minimum absolute atomic E-state index is 0.00632. The van der Waals surface area contributed by atoms with Gasteiger partial charge in [0.1, 0.15) is 6.04 Å². The molecule has 2 atom stereocenters. The first-order valence-electron chi connectivity index (χ1n) is 5.35. The van der Waals surface area contributed by atoms with Crippen LogP contribution in [0, 0.1) is 5.92 Å². The highest BCUT2D eigenvalue weighted by atomic mass is 35.5. The summed E-state index contributed by atoms with van der Waals surface area (Å²) >= 11 is 5.78. The topological polar surface area (TPSA) is 64.3 Å². The van der Waals surface area contributed by atoms with Gasteiger partial charge < -0.3 is 15.8 Å². The summed E-state index contributed by atoms with van der Waals surface area (Å²) in [4.78, 5) is 11.4. The molecule has 2 unspecified atom stereocenters. The fraction of sp³-hybridized carbons (Fsp3) is 0.417. The molecule has 1 amide bonds. The number of nitrogens with one attached hydrogen (secondary N) is 1. The van der Waals surface area contributed by atoms with E-state index in [1.165, 1.54) is 0 Å². The van der Waals surface area contributed by atoms with Crippen LogP contribution >= 0.6 is 11.6 Å². The minimum Gasteiger partial charge on any atom is -0.384 e. The number of hydrogen-bond acceptors (Lipinski definition) is 3. The van der Waals surface area contributed by atoms with Crippen molar-refractivity contribution >= 4 is 23.2 Å². The van der Waals surface area contributed by atoms with Crippen LogP contribution in [0.3, 0.4) is 0 Å². The average molecular weight is 257 g/mol. The lowest BCUT2D eigenvalue weighted by molar-refractivity contribution is -0.120. The molecule has 0 bridgehead atoms. The van der Waals surface area contributed by atoms with Crippen LogP contribution < -0.4 is 11.1 Å². The highest BCUT2D eigenvalue weighted by Gasteiger charge is 2.22. The maximum Gasteiger partial charge on any atom is 0.240 e. The van der Waals surface area contributed by atoms with Gasteiger partial charge in [-0.05, 0) is 24.3 Å². The summed E-state index contributed by atoms with van der Waals surface area (Å²) in [6.45, 7) is 2.37. The fourth-order valence-electron chi connectivity index (χ4n) is 1.58. The number of hydrogen-bond donors (Lipinski definition) is 2. The Morgan fingerprint density at radius 3 is 2.53 bits per heavy atom. The Morgan fingerprint density at radius 1 is 1.47 bits per heavy atom. The zero-order valence-electron chi connectivity index (χ0n) is 9.94. The largest absolute Gasteiger partial charge is 0.384 e. The SMILES string of the molecule is COCC(C)C(Nc1ccc(Cl)cc1)C(N)=O. The molecule has 17 heavy (non-hydrogen) atoms. The Balaban J connectivity index is 2.73. The monoisotopic (exact) mass is 256 g/mol. The number of benzene rings is 1. The molecule has 0 aliphatic rings. The molecule has 0 aromatic heterocycles. The van der Waals surface area contributed by atoms with Crippen molar-refractivity contribution in [3.05, 3.63) is 29.3 Å². The highest BCUT2D eigenvalue weighted by Crippen LogP contribution is 2.16. The molecule has 0 saturated carbocycles. The highest BCUT2D eigenvalue weighted by molar-refractivity contribution is 6.30. The summed E-state index contributed by atoms with van der Waals surface area (Å²) in [5.41, 5.74) is 6.17. The Labute approximate surface area is 106 Å². The molecule has 1 rings (SSSR count). The number of halogens is 1. The van der Waals surface area contributed by atoms with Crippen molar-refractivity contribution in [2.45, 2.75) is 13.0 Å². The summed E-state index contributed by atoms with van der Waals surface area (Å²) in [6.07, 6.45) is 0. The molecule has 0 fully saturated rings. The standard InChI is InChI=1S/C12H17ClN2O2/c1-8(7-17-2)11(12(14)16)15-10-5-3-9(13)4-6-10/h3-6,8,11,15H,7H2,1-2H3,(H2,14,16). The number of amides is 1. The third-order valence-corrected chi connectivity index (χ3v) is 2.72. The van der Waals surface area contributed by atoms with Gasteiger partial charge >= 0.3 is 0 Å². The smallest absolute Gasteiger partial charge is 0.240 e. The van der Waals surface area contributed by atoms with Crippen LogP contribution in [0.5, 0.6) is 0 Å². The van der Waals surface area contributed by atoms with Gasteiger partial charge in [0.25, 0.3) is 0 Å². The zero-order valence-corrected chi connectivity index (χ0v) is 10.7. The lowest BCUT2D eigenvalue weighted by Gasteiger charge is -2.22. The van der Waals surface area contributed by atoms with Crippen LogP contribution in [0.2, 0.25) is 5.02 Å². The van der Waals surface area contributed by atoms with Gasteiger partial charge in [-0.15, -0.1) is 0 Å². The molecular weight excluding hydrogens is 240 g/mol. The Bertz CT molecular complexity index is 367. The summed E-state index contributed by atoms with van der Waals surface area (Å²) < 4.78 is 5.02. The second-order valence-corrected chi connectivity index (χ2v) is 4.40. The Hall–Kier alpha value is -1.26. The van der Waals surface area contributed by atoms with Crippen LogP contribution in [0.1, 0.15) is 6.92 Å². The van der Waals surface area contributed by atoms with Gasteiger partial charge in [0.2, 0.25) is 5.91 Å². The van der Waals surface area contributed by atoms with E-state index in [4.69, 9.17) is 22.1 Å². The molecule has 0 spiro atoms.